The molecule has 1 aliphatic rings. The third-order valence-electron chi connectivity index (χ3n) is 6.90. The van der Waals surface area contributed by atoms with Crippen LogP contribution in [0, 0.1) is 0 Å². The summed E-state index contributed by atoms with van der Waals surface area (Å²) < 4.78 is 14.9. The lowest BCUT2D eigenvalue weighted by atomic mass is 9.88. The molecule has 1 saturated carbocycles. The summed E-state index contributed by atoms with van der Waals surface area (Å²) in [6.45, 7) is 2.56. The lowest BCUT2D eigenvalue weighted by Crippen LogP contribution is -2.25. The minimum Gasteiger partial charge on any atom is -0.490 e. The SMILES string of the molecule is CCOc1cc(C=Nn2c(C3CCCCC3)nc3ccccc3c2=O)c(Br)c(Br)c1OCc1ccc(Cl)cc1Cl. The number of aromatic nitrogens is 2. The van der Waals surface area contributed by atoms with E-state index in [1.807, 2.05) is 37.3 Å². The summed E-state index contributed by atoms with van der Waals surface area (Å²) in [4.78, 5) is 18.5. The molecule has 5 rings (SSSR count). The van der Waals surface area contributed by atoms with Crippen LogP contribution < -0.4 is 15.0 Å². The number of fused-ring (bicyclic) bond motifs is 1. The normalized spacial score (nSPS) is 14.2. The Morgan fingerprint density at radius 1 is 1.05 bits per heavy atom. The highest BCUT2D eigenvalue weighted by atomic mass is 79.9. The third kappa shape index (κ3) is 6.25. The molecule has 6 nitrogen and oxygen atoms in total. The Hall–Kier alpha value is -2.39. The molecule has 0 saturated heterocycles. The Kier molecular flexibility index (Phi) is 9.51. The second-order valence-electron chi connectivity index (χ2n) is 9.56. The van der Waals surface area contributed by atoms with Crippen LogP contribution in [0.25, 0.3) is 10.9 Å². The van der Waals surface area contributed by atoms with Gasteiger partial charge in [-0.3, -0.25) is 4.79 Å². The highest BCUT2D eigenvalue weighted by Gasteiger charge is 2.23. The molecule has 10 heteroatoms. The molecule has 1 aromatic heterocycles. The van der Waals surface area contributed by atoms with Crippen LogP contribution >= 0.6 is 55.1 Å². The molecule has 1 fully saturated rings. The fourth-order valence-electron chi connectivity index (χ4n) is 4.88. The van der Waals surface area contributed by atoms with E-state index in [1.165, 1.54) is 11.1 Å². The fraction of sp³-hybridized carbons (Fsp3) is 0.300. The number of hydrogen-bond donors (Lipinski definition) is 0. The van der Waals surface area contributed by atoms with Crippen LogP contribution in [-0.4, -0.2) is 22.5 Å². The van der Waals surface area contributed by atoms with Crippen LogP contribution in [0.1, 0.15) is 61.9 Å². The molecule has 0 N–H and O–H groups in total. The second kappa shape index (κ2) is 13.1. The van der Waals surface area contributed by atoms with E-state index in [2.05, 4.69) is 37.0 Å². The highest BCUT2D eigenvalue weighted by Crippen LogP contribution is 2.43. The van der Waals surface area contributed by atoms with Crippen LogP contribution in [-0.2, 0) is 6.61 Å². The fourth-order valence-corrected chi connectivity index (χ4v) is 6.28. The van der Waals surface area contributed by atoms with Crippen molar-refractivity contribution in [1.29, 1.82) is 0 Å². The molecule has 1 heterocycles. The minimum absolute atomic E-state index is 0.178. The first kappa shape index (κ1) is 29.1. The standard InChI is InChI=1S/C30H27Br2Cl2N3O3/c1-2-39-25-14-20(26(31)27(32)28(25)40-17-19-12-13-21(33)15-23(19)34)16-35-37-29(18-8-4-3-5-9-18)36-24-11-7-6-10-22(24)30(37)38/h6-7,10-16,18H,2-5,8-9,17H2,1H3. The largest absolute Gasteiger partial charge is 0.490 e. The summed E-state index contributed by atoms with van der Waals surface area (Å²) in [6.07, 6.45) is 7.09. The molecule has 0 bridgehead atoms. The topological polar surface area (TPSA) is 65.7 Å². The van der Waals surface area contributed by atoms with E-state index in [0.717, 1.165) is 31.2 Å². The van der Waals surface area contributed by atoms with Crippen molar-refractivity contribution < 1.29 is 9.47 Å². The molecular formula is C30H27Br2Cl2N3O3. The van der Waals surface area contributed by atoms with Crippen molar-refractivity contribution in [3.05, 3.63) is 94.8 Å². The third-order valence-corrected chi connectivity index (χ3v) is 9.63. The molecule has 4 aromatic rings. The number of ether oxygens (including phenoxy) is 2. The number of benzene rings is 3. The Morgan fingerprint density at radius 3 is 2.58 bits per heavy atom. The zero-order valence-electron chi connectivity index (χ0n) is 21.8. The second-order valence-corrected chi connectivity index (χ2v) is 12.0. The van der Waals surface area contributed by atoms with E-state index in [4.69, 9.17) is 37.7 Å². The van der Waals surface area contributed by atoms with Crippen molar-refractivity contribution in [2.24, 2.45) is 5.10 Å². The van der Waals surface area contributed by atoms with E-state index in [1.54, 1.807) is 24.4 Å². The molecule has 0 amide bonds. The first-order valence-corrected chi connectivity index (χ1v) is 15.5. The average Bonchev–Trinajstić information content (AvgIpc) is 2.96. The van der Waals surface area contributed by atoms with Crippen molar-refractivity contribution >= 4 is 72.2 Å². The van der Waals surface area contributed by atoms with Gasteiger partial charge in [0.1, 0.15) is 12.4 Å². The summed E-state index contributed by atoms with van der Waals surface area (Å²) in [6, 6.07) is 14.5. The molecule has 1 aliphatic carbocycles. The zero-order valence-corrected chi connectivity index (χ0v) is 26.5. The Bertz CT molecular complexity index is 1640. The zero-order chi connectivity index (χ0) is 28.2. The maximum atomic E-state index is 13.6. The number of nitrogens with zero attached hydrogens (tertiary/aromatic N) is 3. The predicted molar refractivity (Wildman–Crippen MR) is 169 cm³/mol. The predicted octanol–water partition coefficient (Wildman–Crippen LogP) is 9.14. The van der Waals surface area contributed by atoms with Crippen LogP contribution in [0.3, 0.4) is 0 Å². The van der Waals surface area contributed by atoms with Gasteiger partial charge in [-0.25, -0.2) is 4.98 Å². The molecule has 0 atom stereocenters. The minimum atomic E-state index is -0.178. The Balaban J connectivity index is 1.53. The van der Waals surface area contributed by atoms with Gasteiger partial charge in [0.2, 0.25) is 0 Å². The number of rotatable bonds is 8. The summed E-state index contributed by atoms with van der Waals surface area (Å²) in [7, 11) is 0. The summed E-state index contributed by atoms with van der Waals surface area (Å²) in [5.41, 5.74) is 2.02. The summed E-state index contributed by atoms with van der Waals surface area (Å²) in [5.74, 6) is 1.94. The van der Waals surface area contributed by atoms with Crippen LogP contribution in [0.5, 0.6) is 11.5 Å². The van der Waals surface area contributed by atoms with E-state index < -0.39 is 0 Å². The maximum absolute atomic E-state index is 13.6. The quantitative estimate of drug-likeness (QED) is 0.171. The molecule has 0 aliphatic heterocycles. The van der Waals surface area contributed by atoms with Crippen molar-refractivity contribution in [3.63, 3.8) is 0 Å². The van der Waals surface area contributed by atoms with E-state index in [0.29, 0.717) is 59.4 Å². The van der Waals surface area contributed by atoms with Gasteiger partial charge in [-0.2, -0.15) is 9.78 Å². The van der Waals surface area contributed by atoms with Gasteiger partial charge >= 0.3 is 0 Å². The van der Waals surface area contributed by atoms with Crippen LogP contribution in [0.2, 0.25) is 10.0 Å². The van der Waals surface area contributed by atoms with Gasteiger partial charge in [0.05, 0.1) is 28.2 Å². The smallest absolute Gasteiger partial charge is 0.282 e. The molecular weight excluding hydrogens is 681 g/mol. The average molecular weight is 708 g/mol. The number of para-hydroxylation sites is 1. The van der Waals surface area contributed by atoms with Gasteiger partial charge in [-0.05, 0) is 82.0 Å². The van der Waals surface area contributed by atoms with Gasteiger partial charge in [0, 0.05) is 31.6 Å². The van der Waals surface area contributed by atoms with Gasteiger partial charge in [-0.1, -0.05) is 60.7 Å². The van der Waals surface area contributed by atoms with E-state index in [9.17, 15) is 4.79 Å². The van der Waals surface area contributed by atoms with Crippen LogP contribution in [0.15, 0.2) is 67.4 Å². The highest BCUT2D eigenvalue weighted by molar-refractivity contribution is 9.13. The van der Waals surface area contributed by atoms with Gasteiger partial charge in [0.25, 0.3) is 5.56 Å². The number of hydrogen-bond acceptors (Lipinski definition) is 5. The maximum Gasteiger partial charge on any atom is 0.282 e. The van der Waals surface area contributed by atoms with Crippen LogP contribution in [0.4, 0.5) is 0 Å². The lowest BCUT2D eigenvalue weighted by Gasteiger charge is -2.22. The Morgan fingerprint density at radius 2 is 1.82 bits per heavy atom. The molecule has 0 radical (unpaired) electrons. The van der Waals surface area contributed by atoms with Crippen molar-refractivity contribution in [2.75, 3.05) is 6.61 Å². The first-order chi connectivity index (χ1) is 19.4. The molecule has 40 heavy (non-hydrogen) atoms. The summed E-state index contributed by atoms with van der Waals surface area (Å²) >= 11 is 19.7. The van der Waals surface area contributed by atoms with Gasteiger partial charge in [0.15, 0.2) is 11.5 Å². The van der Waals surface area contributed by atoms with Gasteiger partial charge in [-0.15, -0.1) is 0 Å². The lowest BCUT2D eigenvalue weighted by molar-refractivity contribution is 0.267. The van der Waals surface area contributed by atoms with Gasteiger partial charge < -0.3 is 9.47 Å². The molecule has 0 unspecified atom stereocenters. The monoisotopic (exact) mass is 705 g/mol. The molecule has 0 spiro atoms. The van der Waals surface area contributed by atoms with E-state index in [-0.39, 0.29) is 18.1 Å². The summed E-state index contributed by atoms with van der Waals surface area (Å²) in [5, 5.41) is 6.31. The van der Waals surface area contributed by atoms with Crippen molar-refractivity contribution in [3.8, 4) is 11.5 Å². The molecule has 3 aromatic carbocycles. The van der Waals surface area contributed by atoms with Crippen molar-refractivity contribution in [2.45, 2.75) is 51.6 Å². The van der Waals surface area contributed by atoms with Crippen molar-refractivity contribution in [1.82, 2.24) is 9.66 Å². The first-order valence-electron chi connectivity index (χ1n) is 13.1. The molecule has 208 valence electrons. The number of halogens is 4. The van der Waals surface area contributed by atoms with E-state index >= 15 is 0 Å². The Labute approximate surface area is 259 Å².